The second kappa shape index (κ2) is 8.02. The number of ether oxygens (including phenoxy) is 1. The van der Waals surface area contributed by atoms with E-state index in [2.05, 4.69) is 67.7 Å². The van der Waals surface area contributed by atoms with Crippen LogP contribution in [0.4, 0.5) is 0 Å². The second-order valence-electron chi connectivity index (χ2n) is 7.11. The molecule has 138 valence electrons. The maximum Gasteiger partial charge on any atom is 0.237 e. The van der Waals surface area contributed by atoms with Gasteiger partial charge in [0, 0.05) is 19.1 Å². The number of nitrogens with zero attached hydrogens (tertiary/aromatic N) is 1. The Bertz CT molecular complexity index is 757. The summed E-state index contributed by atoms with van der Waals surface area (Å²) in [5.74, 6) is 0.442. The summed E-state index contributed by atoms with van der Waals surface area (Å²) in [4.78, 5) is 14.3. The van der Waals surface area contributed by atoms with E-state index in [9.17, 15) is 4.79 Å². The van der Waals surface area contributed by atoms with Crippen molar-refractivity contribution in [3.8, 4) is 11.1 Å². The topological polar surface area (TPSA) is 41.6 Å². The highest BCUT2D eigenvalue weighted by molar-refractivity contribution is 5.80. The van der Waals surface area contributed by atoms with Crippen molar-refractivity contribution in [3.63, 3.8) is 0 Å². The molecule has 1 aliphatic heterocycles. The third kappa shape index (κ3) is 3.53. The second-order valence-corrected chi connectivity index (χ2v) is 7.11. The summed E-state index contributed by atoms with van der Waals surface area (Å²) in [5, 5.41) is 2.95. The lowest BCUT2D eigenvalue weighted by Crippen LogP contribution is -2.65. The van der Waals surface area contributed by atoms with Crippen molar-refractivity contribution >= 4 is 5.91 Å². The predicted octanol–water partition coefficient (Wildman–Crippen LogP) is 3.21. The zero-order chi connectivity index (χ0) is 18.7. The van der Waals surface area contributed by atoms with Crippen LogP contribution in [0.25, 0.3) is 11.1 Å². The van der Waals surface area contributed by atoms with E-state index in [0.29, 0.717) is 19.1 Å². The Morgan fingerprint density at radius 3 is 2.50 bits per heavy atom. The average Bonchev–Trinajstić information content (AvgIpc) is 2.62. The van der Waals surface area contributed by atoms with Crippen molar-refractivity contribution in [1.82, 2.24) is 10.2 Å². The van der Waals surface area contributed by atoms with Crippen LogP contribution in [0.15, 0.2) is 48.5 Å². The average molecular weight is 352 g/mol. The molecule has 1 fully saturated rings. The Hall–Kier alpha value is -2.17. The predicted molar refractivity (Wildman–Crippen MR) is 105 cm³/mol. The minimum atomic E-state index is 0.0978. The summed E-state index contributed by atoms with van der Waals surface area (Å²) in [6.45, 7) is 5.16. The number of aryl methyl sites for hydroxylation is 1. The van der Waals surface area contributed by atoms with Crippen LogP contribution < -0.4 is 5.32 Å². The Kier molecular flexibility index (Phi) is 5.74. The van der Waals surface area contributed by atoms with Gasteiger partial charge in [0.05, 0.1) is 19.2 Å². The first-order valence-corrected chi connectivity index (χ1v) is 9.18. The highest BCUT2D eigenvalue weighted by Gasteiger charge is 2.48. The van der Waals surface area contributed by atoms with E-state index in [4.69, 9.17) is 4.74 Å². The molecule has 1 N–H and O–H groups in total. The third-order valence-corrected chi connectivity index (χ3v) is 5.33. The quantitative estimate of drug-likeness (QED) is 0.868. The summed E-state index contributed by atoms with van der Waals surface area (Å²) < 4.78 is 5.40. The van der Waals surface area contributed by atoms with Gasteiger partial charge in [-0.15, -0.1) is 0 Å². The molecular formula is C22H28N2O2. The molecule has 0 bridgehead atoms. The van der Waals surface area contributed by atoms with Crippen LogP contribution in [0.3, 0.4) is 0 Å². The number of hydrogen-bond donors (Lipinski definition) is 1. The lowest BCUT2D eigenvalue weighted by atomic mass is 9.75. The standard InChI is InChI=1S/C22H28N2O2/c1-15-6-5-7-19(12-15)17-8-10-18(11-9-17)22-16(2)24(20(22)14-26-4)21(25)13-23-3/h5-12,16,20,22-23H,13-14H2,1-4H3/t16-,20+,22?/m0/s1. The number of amides is 1. The fourth-order valence-corrected chi connectivity index (χ4v) is 4.10. The van der Waals surface area contributed by atoms with Gasteiger partial charge in [-0.3, -0.25) is 4.79 Å². The lowest BCUT2D eigenvalue weighted by Gasteiger charge is -2.54. The first kappa shape index (κ1) is 18.6. The SMILES string of the molecule is CNCC(=O)N1[C@H](COC)C(c2ccc(-c3cccc(C)c3)cc2)[C@@H]1C. The van der Waals surface area contributed by atoms with Gasteiger partial charge in [0.2, 0.25) is 5.91 Å². The number of carbonyl (C=O) groups excluding carboxylic acids is 1. The van der Waals surface area contributed by atoms with Crippen molar-refractivity contribution in [3.05, 3.63) is 59.7 Å². The van der Waals surface area contributed by atoms with E-state index >= 15 is 0 Å². The Balaban J connectivity index is 1.80. The monoisotopic (exact) mass is 352 g/mol. The molecule has 1 unspecified atom stereocenters. The Morgan fingerprint density at radius 1 is 1.15 bits per heavy atom. The molecule has 1 amide bonds. The van der Waals surface area contributed by atoms with Gasteiger partial charge in [0.25, 0.3) is 0 Å². The smallest absolute Gasteiger partial charge is 0.237 e. The highest BCUT2D eigenvalue weighted by Crippen LogP contribution is 2.41. The van der Waals surface area contributed by atoms with Gasteiger partial charge in [-0.25, -0.2) is 0 Å². The highest BCUT2D eigenvalue weighted by atomic mass is 16.5. The van der Waals surface area contributed by atoms with Gasteiger partial charge in [-0.1, -0.05) is 54.1 Å². The molecule has 0 aromatic heterocycles. The van der Waals surface area contributed by atoms with E-state index in [-0.39, 0.29) is 18.0 Å². The van der Waals surface area contributed by atoms with Crippen LogP contribution in [-0.4, -0.2) is 50.2 Å². The van der Waals surface area contributed by atoms with Gasteiger partial charge in [0.1, 0.15) is 0 Å². The van der Waals surface area contributed by atoms with Crippen LogP contribution >= 0.6 is 0 Å². The summed E-state index contributed by atoms with van der Waals surface area (Å²) >= 11 is 0. The fourth-order valence-electron chi connectivity index (χ4n) is 4.10. The Morgan fingerprint density at radius 2 is 1.88 bits per heavy atom. The molecule has 4 nitrogen and oxygen atoms in total. The van der Waals surface area contributed by atoms with Crippen molar-refractivity contribution in [1.29, 1.82) is 0 Å². The maximum atomic E-state index is 12.4. The molecule has 0 radical (unpaired) electrons. The third-order valence-electron chi connectivity index (χ3n) is 5.33. The van der Waals surface area contributed by atoms with Crippen molar-refractivity contribution in [2.45, 2.75) is 31.8 Å². The lowest BCUT2D eigenvalue weighted by molar-refractivity contribution is -0.148. The first-order valence-electron chi connectivity index (χ1n) is 9.18. The zero-order valence-electron chi connectivity index (χ0n) is 16.0. The maximum absolute atomic E-state index is 12.4. The summed E-state index contributed by atoms with van der Waals surface area (Å²) in [6.07, 6.45) is 0. The van der Waals surface area contributed by atoms with Gasteiger partial charge in [0.15, 0.2) is 0 Å². The molecule has 3 atom stereocenters. The van der Waals surface area contributed by atoms with E-state index in [1.165, 1.54) is 22.3 Å². The van der Waals surface area contributed by atoms with Crippen LogP contribution in [-0.2, 0) is 9.53 Å². The van der Waals surface area contributed by atoms with Crippen LogP contribution in [0.1, 0.15) is 24.0 Å². The fraction of sp³-hybridized carbons (Fsp3) is 0.409. The Labute approximate surface area is 156 Å². The molecule has 3 rings (SSSR count). The minimum absolute atomic E-state index is 0.0978. The molecule has 1 aliphatic rings. The number of nitrogens with one attached hydrogen (secondary N) is 1. The first-order chi connectivity index (χ1) is 12.6. The van der Waals surface area contributed by atoms with Crippen LogP contribution in [0, 0.1) is 6.92 Å². The molecule has 0 spiro atoms. The number of hydrogen-bond acceptors (Lipinski definition) is 3. The zero-order valence-corrected chi connectivity index (χ0v) is 16.0. The molecule has 1 saturated heterocycles. The molecule has 0 aliphatic carbocycles. The number of likely N-dealkylation sites (N-methyl/N-ethyl adjacent to an activating group) is 1. The van der Waals surface area contributed by atoms with Crippen LogP contribution in [0.2, 0.25) is 0 Å². The minimum Gasteiger partial charge on any atom is -0.383 e. The number of likely N-dealkylation sites (tertiary alicyclic amines) is 1. The normalized spacial score (nSPS) is 22.2. The molecule has 2 aromatic carbocycles. The number of methoxy groups -OCH3 is 1. The van der Waals surface area contributed by atoms with Crippen molar-refractivity contribution in [2.24, 2.45) is 0 Å². The molecule has 26 heavy (non-hydrogen) atoms. The number of carbonyl (C=O) groups is 1. The molecule has 0 saturated carbocycles. The van der Waals surface area contributed by atoms with E-state index in [0.717, 1.165) is 0 Å². The summed E-state index contributed by atoms with van der Waals surface area (Å²) in [5.41, 5.74) is 4.98. The molecule has 4 heteroatoms. The molecule has 2 aromatic rings. The van der Waals surface area contributed by atoms with Gasteiger partial charge in [-0.05, 0) is 37.6 Å². The number of rotatable bonds is 6. The van der Waals surface area contributed by atoms with E-state index in [1.54, 1.807) is 14.2 Å². The van der Waals surface area contributed by atoms with Crippen LogP contribution in [0.5, 0.6) is 0 Å². The number of benzene rings is 2. The van der Waals surface area contributed by atoms with E-state index < -0.39 is 0 Å². The summed E-state index contributed by atoms with van der Waals surface area (Å²) in [6, 6.07) is 17.6. The van der Waals surface area contributed by atoms with Crippen molar-refractivity contribution < 1.29 is 9.53 Å². The van der Waals surface area contributed by atoms with Gasteiger partial charge < -0.3 is 15.0 Å². The van der Waals surface area contributed by atoms with Crippen molar-refractivity contribution in [2.75, 3.05) is 27.3 Å². The van der Waals surface area contributed by atoms with E-state index in [1.807, 2.05) is 4.90 Å². The molecular weight excluding hydrogens is 324 g/mol. The van der Waals surface area contributed by atoms with Gasteiger partial charge >= 0.3 is 0 Å². The van der Waals surface area contributed by atoms with Gasteiger partial charge in [-0.2, -0.15) is 0 Å². The summed E-state index contributed by atoms with van der Waals surface area (Å²) in [7, 11) is 3.50. The largest absolute Gasteiger partial charge is 0.383 e. The molecule has 1 heterocycles.